The topological polar surface area (TPSA) is 50.8 Å². The molecule has 0 unspecified atom stereocenters. The zero-order valence-corrected chi connectivity index (χ0v) is 13.5. The fourth-order valence-electron chi connectivity index (χ4n) is 2.62. The lowest BCUT2D eigenvalue weighted by Crippen LogP contribution is -2.40. The monoisotopic (exact) mass is 306 g/mol. The Hall–Kier alpha value is -1.59. The van der Waals surface area contributed by atoms with Gasteiger partial charge in [-0.2, -0.15) is 0 Å². The van der Waals surface area contributed by atoms with E-state index in [4.69, 9.17) is 9.47 Å². The van der Waals surface area contributed by atoms with Crippen LogP contribution in [0.5, 0.6) is 5.75 Å². The van der Waals surface area contributed by atoms with Crippen molar-refractivity contribution in [3.05, 3.63) is 24.3 Å². The largest absolute Gasteiger partial charge is 0.497 e. The fourth-order valence-corrected chi connectivity index (χ4v) is 2.62. The number of amides is 1. The molecule has 1 aliphatic rings. The number of nitrogens with one attached hydrogen (secondary N) is 1. The molecule has 1 heterocycles. The van der Waals surface area contributed by atoms with E-state index in [1.807, 2.05) is 24.3 Å². The van der Waals surface area contributed by atoms with Crippen molar-refractivity contribution in [1.29, 1.82) is 0 Å². The molecule has 0 radical (unpaired) electrons. The highest BCUT2D eigenvalue weighted by Gasteiger charge is 2.18. The van der Waals surface area contributed by atoms with Crippen LogP contribution in [0.3, 0.4) is 0 Å². The standard InChI is InChI=1S/C17H26N2O3/c1-3-19(12-16-6-4-5-11-22-16)13-17(20)18-14-7-9-15(21-2)10-8-14/h7-10,16H,3-6,11-13H2,1-2H3,(H,18,20)/t16-/m1/s1. The average molecular weight is 306 g/mol. The summed E-state index contributed by atoms with van der Waals surface area (Å²) >= 11 is 0. The third kappa shape index (κ3) is 5.31. The van der Waals surface area contributed by atoms with Gasteiger partial charge in [0.15, 0.2) is 0 Å². The Labute approximate surface area is 132 Å². The predicted molar refractivity (Wildman–Crippen MR) is 87.3 cm³/mol. The molecule has 5 nitrogen and oxygen atoms in total. The smallest absolute Gasteiger partial charge is 0.238 e. The summed E-state index contributed by atoms with van der Waals surface area (Å²) in [7, 11) is 1.63. The molecule has 22 heavy (non-hydrogen) atoms. The van der Waals surface area contributed by atoms with Gasteiger partial charge in [-0.3, -0.25) is 9.69 Å². The number of ether oxygens (including phenoxy) is 2. The van der Waals surface area contributed by atoms with Crippen LogP contribution < -0.4 is 10.1 Å². The van der Waals surface area contributed by atoms with Crippen molar-refractivity contribution in [2.75, 3.05) is 38.7 Å². The van der Waals surface area contributed by atoms with Gasteiger partial charge < -0.3 is 14.8 Å². The third-order valence-corrected chi connectivity index (χ3v) is 3.92. The molecule has 1 N–H and O–H groups in total. The van der Waals surface area contributed by atoms with E-state index in [0.29, 0.717) is 6.54 Å². The highest BCUT2D eigenvalue weighted by atomic mass is 16.5. The fraction of sp³-hybridized carbons (Fsp3) is 0.588. The van der Waals surface area contributed by atoms with Gasteiger partial charge in [0.2, 0.25) is 5.91 Å². The molecular weight excluding hydrogens is 280 g/mol. The molecule has 0 spiro atoms. The minimum Gasteiger partial charge on any atom is -0.497 e. The van der Waals surface area contributed by atoms with Crippen LogP contribution in [0.15, 0.2) is 24.3 Å². The summed E-state index contributed by atoms with van der Waals surface area (Å²) < 4.78 is 10.9. The van der Waals surface area contributed by atoms with Crippen molar-refractivity contribution in [2.24, 2.45) is 0 Å². The molecule has 0 saturated carbocycles. The lowest BCUT2D eigenvalue weighted by Gasteiger charge is -2.28. The maximum absolute atomic E-state index is 12.2. The van der Waals surface area contributed by atoms with E-state index < -0.39 is 0 Å². The van der Waals surface area contributed by atoms with E-state index in [2.05, 4.69) is 17.1 Å². The van der Waals surface area contributed by atoms with Crippen molar-refractivity contribution in [1.82, 2.24) is 4.90 Å². The Kier molecular flexibility index (Phi) is 6.68. The van der Waals surface area contributed by atoms with E-state index in [1.54, 1.807) is 7.11 Å². The van der Waals surface area contributed by atoms with Gasteiger partial charge in [0, 0.05) is 18.8 Å². The first kappa shape index (κ1) is 16.8. The van der Waals surface area contributed by atoms with Crippen molar-refractivity contribution < 1.29 is 14.3 Å². The lowest BCUT2D eigenvalue weighted by molar-refractivity contribution is -0.117. The number of carbonyl (C=O) groups is 1. The second-order valence-electron chi connectivity index (χ2n) is 5.59. The normalized spacial score (nSPS) is 18.2. The average Bonchev–Trinajstić information content (AvgIpc) is 2.56. The first-order chi connectivity index (χ1) is 10.7. The van der Waals surface area contributed by atoms with Gasteiger partial charge in [-0.05, 0) is 50.1 Å². The maximum atomic E-state index is 12.2. The second-order valence-corrected chi connectivity index (χ2v) is 5.59. The van der Waals surface area contributed by atoms with Crippen molar-refractivity contribution in [3.8, 4) is 5.75 Å². The Balaban J connectivity index is 1.80. The molecule has 1 aromatic carbocycles. The molecule has 1 aliphatic heterocycles. The maximum Gasteiger partial charge on any atom is 0.238 e. The molecule has 0 aliphatic carbocycles. The number of rotatable bonds is 7. The third-order valence-electron chi connectivity index (χ3n) is 3.92. The van der Waals surface area contributed by atoms with E-state index in [9.17, 15) is 4.79 Å². The minimum atomic E-state index is 0.00262. The molecule has 122 valence electrons. The van der Waals surface area contributed by atoms with Crippen LogP contribution in [0.4, 0.5) is 5.69 Å². The Bertz CT molecular complexity index is 455. The van der Waals surface area contributed by atoms with Crippen LogP contribution in [0.2, 0.25) is 0 Å². The highest BCUT2D eigenvalue weighted by molar-refractivity contribution is 5.92. The van der Waals surface area contributed by atoms with Crippen LogP contribution in [-0.2, 0) is 9.53 Å². The predicted octanol–water partition coefficient (Wildman–Crippen LogP) is 2.52. The van der Waals surface area contributed by atoms with E-state index >= 15 is 0 Å². The summed E-state index contributed by atoms with van der Waals surface area (Å²) in [5.74, 6) is 0.783. The first-order valence-corrected chi connectivity index (χ1v) is 7.99. The number of benzene rings is 1. The number of hydrogen-bond donors (Lipinski definition) is 1. The molecule has 0 aromatic heterocycles. The lowest BCUT2D eigenvalue weighted by atomic mass is 10.1. The van der Waals surface area contributed by atoms with Crippen LogP contribution >= 0.6 is 0 Å². The van der Waals surface area contributed by atoms with Crippen molar-refractivity contribution >= 4 is 11.6 Å². The van der Waals surface area contributed by atoms with Gasteiger partial charge in [-0.15, -0.1) is 0 Å². The summed E-state index contributed by atoms with van der Waals surface area (Å²) in [5, 5.41) is 2.92. The molecule has 5 heteroatoms. The minimum absolute atomic E-state index is 0.00262. The van der Waals surface area contributed by atoms with Gasteiger partial charge in [-0.25, -0.2) is 0 Å². The van der Waals surface area contributed by atoms with Crippen LogP contribution in [0.1, 0.15) is 26.2 Å². The summed E-state index contributed by atoms with van der Waals surface area (Å²) in [5.41, 5.74) is 0.788. The Morgan fingerprint density at radius 1 is 1.36 bits per heavy atom. The summed E-state index contributed by atoms with van der Waals surface area (Å²) in [6.45, 7) is 4.98. The number of methoxy groups -OCH3 is 1. The Morgan fingerprint density at radius 2 is 2.14 bits per heavy atom. The van der Waals surface area contributed by atoms with E-state index in [0.717, 1.165) is 44.0 Å². The van der Waals surface area contributed by atoms with Crippen LogP contribution in [0.25, 0.3) is 0 Å². The zero-order chi connectivity index (χ0) is 15.8. The van der Waals surface area contributed by atoms with Crippen molar-refractivity contribution in [3.63, 3.8) is 0 Å². The highest BCUT2D eigenvalue weighted by Crippen LogP contribution is 2.16. The molecule has 1 atom stereocenters. The quantitative estimate of drug-likeness (QED) is 0.841. The van der Waals surface area contributed by atoms with Crippen LogP contribution in [-0.4, -0.2) is 50.3 Å². The molecule has 1 aromatic rings. The van der Waals surface area contributed by atoms with E-state index in [-0.39, 0.29) is 12.0 Å². The van der Waals surface area contributed by atoms with Crippen molar-refractivity contribution in [2.45, 2.75) is 32.3 Å². The molecular formula is C17H26N2O3. The van der Waals surface area contributed by atoms with Gasteiger partial charge in [0.1, 0.15) is 5.75 Å². The second kappa shape index (κ2) is 8.76. The van der Waals surface area contributed by atoms with Gasteiger partial charge in [0.25, 0.3) is 0 Å². The number of nitrogens with zero attached hydrogens (tertiary/aromatic N) is 1. The molecule has 1 amide bonds. The summed E-state index contributed by atoms with van der Waals surface area (Å²) in [6.07, 6.45) is 3.74. The molecule has 0 bridgehead atoms. The summed E-state index contributed by atoms with van der Waals surface area (Å²) in [4.78, 5) is 14.3. The SMILES string of the molecule is CCN(CC(=O)Nc1ccc(OC)cc1)C[C@H]1CCCCO1. The molecule has 1 fully saturated rings. The van der Waals surface area contributed by atoms with Crippen LogP contribution in [0, 0.1) is 0 Å². The van der Waals surface area contributed by atoms with E-state index in [1.165, 1.54) is 6.42 Å². The first-order valence-electron chi connectivity index (χ1n) is 7.99. The number of likely N-dealkylation sites (N-methyl/N-ethyl adjacent to an activating group) is 1. The molecule has 2 rings (SSSR count). The molecule has 1 saturated heterocycles. The number of hydrogen-bond acceptors (Lipinski definition) is 4. The number of carbonyl (C=O) groups excluding carboxylic acids is 1. The Morgan fingerprint density at radius 3 is 2.73 bits per heavy atom. The zero-order valence-electron chi connectivity index (χ0n) is 13.5. The van der Waals surface area contributed by atoms with Gasteiger partial charge >= 0.3 is 0 Å². The van der Waals surface area contributed by atoms with Gasteiger partial charge in [-0.1, -0.05) is 6.92 Å². The number of anilines is 1. The summed E-state index contributed by atoms with van der Waals surface area (Å²) in [6, 6.07) is 7.36. The van der Waals surface area contributed by atoms with Gasteiger partial charge in [0.05, 0.1) is 19.8 Å².